The van der Waals surface area contributed by atoms with E-state index in [9.17, 15) is 0 Å². The largest absolute Gasteiger partial charge is 0.256 e. The molecule has 102 valence electrons. The molecule has 20 heavy (non-hydrogen) atoms. The molecule has 0 saturated carbocycles. The van der Waals surface area contributed by atoms with E-state index in [4.69, 9.17) is 0 Å². The SMILES string of the molecule is C=CCCC(C)/C=C(/c1ccccc1)c1ccccn1. The van der Waals surface area contributed by atoms with Crippen LogP contribution >= 0.6 is 0 Å². The average molecular weight is 263 g/mol. The number of rotatable bonds is 6. The Balaban J connectivity index is 2.35. The molecule has 2 aromatic rings. The van der Waals surface area contributed by atoms with Crippen LogP contribution in [0.2, 0.25) is 0 Å². The van der Waals surface area contributed by atoms with Gasteiger partial charge >= 0.3 is 0 Å². The molecule has 0 aliphatic carbocycles. The van der Waals surface area contributed by atoms with Crippen LogP contribution in [0.15, 0.2) is 73.5 Å². The molecular formula is C19H21N. The predicted octanol–water partition coefficient (Wildman–Crippen LogP) is 5.12. The number of allylic oxidation sites excluding steroid dienone is 2. The van der Waals surface area contributed by atoms with Gasteiger partial charge < -0.3 is 0 Å². The van der Waals surface area contributed by atoms with E-state index in [1.807, 2.05) is 30.5 Å². The normalized spacial score (nSPS) is 12.9. The third kappa shape index (κ3) is 3.92. The van der Waals surface area contributed by atoms with Crippen molar-refractivity contribution in [2.45, 2.75) is 19.8 Å². The lowest BCUT2D eigenvalue weighted by Crippen LogP contribution is -1.96. The molecule has 1 nitrogen and oxygen atoms in total. The molecule has 0 bridgehead atoms. The van der Waals surface area contributed by atoms with Crippen LogP contribution in [-0.2, 0) is 0 Å². The van der Waals surface area contributed by atoms with Gasteiger partial charge in [-0.1, -0.05) is 55.5 Å². The maximum Gasteiger partial charge on any atom is 0.0704 e. The average Bonchev–Trinajstić information content (AvgIpc) is 2.52. The second-order valence-corrected chi connectivity index (χ2v) is 5.00. The minimum atomic E-state index is 0.505. The molecule has 1 aromatic carbocycles. The standard InChI is InChI=1S/C19H21N/c1-3-4-10-16(2)15-18(17-11-6-5-7-12-17)19-13-8-9-14-20-19/h3,5-9,11-16H,1,4,10H2,2H3/b18-15-. The van der Waals surface area contributed by atoms with Crippen molar-refractivity contribution in [3.63, 3.8) is 0 Å². The van der Waals surface area contributed by atoms with Gasteiger partial charge in [-0.05, 0) is 36.5 Å². The molecule has 0 amide bonds. The molecule has 0 fully saturated rings. The van der Waals surface area contributed by atoms with Gasteiger partial charge in [-0.2, -0.15) is 0 Å². The second kappa shape index (κ2) is 7.44. The lowest BCUT2D eigenvalue weighted by Gasteiger charge is -2.11. The quantitative estimate of drug-likeness (QED) is 0.659. The Morgan fingerprint density at radius 2 is 1.90 bits per heavy atom. The van der Waals surface area contributed by atoms with E-state index >= 15 is 0 Å². The van der Waals surface area contributed by atoms with Crippen LogP contribution in [0.3, 0.4) is 0 Å². The highest BCUT2D eigenvalue weighted by atomic mass is 14.7. The Labute approximate surface area is 121 Å². The molecule has 1 heteroatoms. The van der Waals surface area contributed by atoms with Gasteiger partial charge in [0.05, 0.1) is 5.69 Å². The maximum absolute atomic E-state index is 4.50. The predicted molar refractivity (Wildman–Crippen MR) is 86.4 cm³/mol. The summed E-state index contributed by atoms with van der Waals surface area (Å²) in [6.45, 7) is 6.04. The summed E-state index contributed by atoms with van der Waals surface area (Å²) in [4.78, 5) is 4.50. The van der Waals surface area contributed by atoms with Gasteiger partial charge in [0.25, 0.3) is 0 Å². The van der Waals surface area contributed by atoms with Crippen molar-refractivity contribution >= 4 is 5.57 Å². The molecule has 0 radical (unpaired) electrons. The van der Waals surface area contributed by atoms with Crippen molar-refractivity contribution in [3.05, 3.63) is 84.7 Å². The summed E-state index contributed by atoms with van der Waals surface area (Å²) in [7, 11) is 0. The lowest BCUT2D eigenvalue weighted by molar-refractivity contribution is 0.659. The summed E-state index contributed by atoms with van der Waals surface area (Å²) in [6, 6.07) is 16.5. The molecule has 1 heterocycles. The number of benzene rings is 1. The number of pyridine rings is 1. The third-order valence-electron chi connectivity index (χ3n) is 3.30. The van der Waals surface area contributed by atoms with E-state index in [1.165, 1.54) is 11.1 Å². The molecule has 0 aliphatic heterocycles. The summed E-state index contributed by atoms with van der Waals surface area (Å²) >= 11 is 0. The van der Waals surface area contributed by atoms with Crippen molar-refractivity contribution in [2.75, 3.05) is 0 Å². The number of nitrogens with zero attached hydrogens (tertiary/aromatic N) is 1. The van der Waals surface area contributed by atoms with Gasteiger partial charge in [-0.15, -0.1) is 6.58 Å². The zero-order valence-electron chi connectivity index (χ0n) is 12.0. The molecule has 0 saturated heterocycles. The number of hydrogen-bond donors (Lipinski definition) is 0. The Morgan fingerprint density at radius 3 is 2.55 bits per heavy atom. The Hall–Kier alpha value is -2.15. The smallest absolute Gasteiger partial charge is 0.0704 e. The first-order chi connectivity index (χ1) is 9.81. The van der Waals surface area contributed by atoms with E-state index in [2.05, 4.69) is 54.9 Å². The van der Waals surface area contributed by atoms with E-state index in [1.54, 1.807) is 0 Å². The second-order valence-electron chi connectivity index (χ2n) is 5.00. The van der Waals surface area contributed by atoms with Crippen LogP contribution < -0.4 is 0 Å². The van der Waals surface area contributed by atoms with Crippen molar-refractivity contribution in [1.82, 2.24) is 4.98 Å². The summed E-state index contributed by atoms with van der Waals surface area (Å²) in [5.74, 6) is 0.505. The molecular weight excluding hydrogens is 242 g/mol. The van der Waals surface area contributed by atoms with Crippen molar-refractivity contribution < 1.29 is 0 Å². The highest BCUT2D eigenvalue weighted by molar-refractivity contribution is 5.77. The lowest BCUT2D eigenvalue weighted by atomic mass is 9.95. The van der Waals surface area contributed by atoms with Gasteiger partial charge in [0.15, 0.2) is 0 Å². The molecule has 1 atom stereocenters. The molecule has 1 aromatic heterocycles. The van der Waals surface area contributed by atoms with E-state index < -0.39 is 0 Å². The van der Waals surface area contributed by atoms with Crippen LogP contribution in [0.5, 0.6) is 0 Å². The number of hydrogen-bond acceptors (Lipinski definition) is 1. The summed E-state index contributed by atoms with van der Waals surface area (Å²) in [5.41, 5.74) is 3.46. The fourth-order valence-corrected chi connectivity index (χ4v) is 2.22. The first-order valence-electron chi connectivity index (χ1n) is 7.11. The third-order valence-corrected chi connectivity index (χ3v) is 3.30. The molecule has 0 aliphatic rings. The van der Waals surface area contributed by atoms with Crippen LogP contribution in [-0.4, -0.2) is 4.98 Å². The monoisotopic (exact) mass is 263 g/mol. The molecule has 2 rings (SSSR count). The van der Waals surface area contributed by atoms with Gasteiger partial charge in [0, 0.05) is 11.8 Å². The zero-order chi connectivity index (χ0) is 14.2. The minimum absolute atomic E-state index is 0.505. The molecule has 0 N–H and O–H groups in total. The van der Waals surface area contributed by atoms with Gasteiger partial charge in [0.2, 0.25) is 0 Å². The van der Waals surface area contributed by atoms with Crippen LogP contribution in [0.4, 0.5) is 0 Å². The van der Waals surface area contributed by atoms with Crippen molar-refractivity contribution in [3.8, 4) is 0 Å². The van der Waals surface area contributed by atoms with Gasteiger partial charge in [-0.3, -0.25) is 4.98 Å². The van der Waals surface area contributed by atoms with Crippen LogP contribution in [0.25, 0.3) is 5.57 Å². The maximum atomic E-state index is 4.50. The summed E-state index contributed by atoms with van der Waals surface area (Å²) in [5, 5.41) is 0. The van der Waals surface area contributed by atoms with E-state index in [0.29, 0.717) is 5.92 Å². The fraction of sp³-hybridized carbons (Fsp3) is 0.211. The molecule has 0 spiro atoms. The van der Waals surface area contributed by atoms with Gasteiger partial charge in [0.1, 0.15) is 0 Å². The van der Waals surface area contributed by atoms with E-state index in [-0.39, 0.29) is 0 Å². The Kier molecular flexibility index (Phi) is 5.31. The fourth-order valence-electron chi connectivity index (χ4n) is 2.22. The molecule has 1 unspecified atom stereocenters. The van der Waals surface area contributed by atoms with Crippen LogP contribution in [0, 0.1) is 5.92 Å². The van der Waals surface area contributed by atoms with Crippen molar-refractivity contribution in [2.24, 2.45) is 5.92 Å². The van der Waals surface area contributed by atoms with E-state index in [0.717, 1.165) is 18.5 Å². The highest BCUT2D eigenvalue weighted by Crippen LogP contribution is 2.24. The Morgan fingerprint density at radius 1 is 1.15 bits per heavy atom. The first-order valence-corrected chi connectivity index (χ1v) is 7.11. The summed E-state index contributed by atoms with van der Waals surface area (Å²) < 4.78 is 0. The number of aromatic nitrogens is 1. The summed E-state index contributed by atoms with van der Waals surface area (Å²) in [6.07, 6.45) is 8.31. The first kappa shape index (κ1) is 14.3. The zero-order valence-corrected chi connectivity index (χ0v) is 12.0. The van der Waals surface area contributed by atoms with Gasteiger partial charge in [-0.25, -0.2) is 0 Å². The minimum Gasteiger partial charge on any atom is -0.256 e. The topological polar surface area (TPSA) is 12.9 Å². The van der Waals surface area contributed by atoms with Crippen LogP contribution in [0.1, 0.15) is 31.0 Å². The highest BCUT2D eigenvalue weighted by Gasteiger charge is 2.07. The van der Waals surface area contributed by atoms with Crippen molar-refractivity contribution in [1.29, 1.82) is 0 Å². The Bertz CT molecular complexity index is 513.